The molecule has 1 aromatic carbocycles. The molecular formula is C13H14BrF3N2O. The highest BCUT2D eigenvalue weighted by Crippen LogP contribution is 2.34. The molecule has 0 bridgehead atoms. The first-order valence-electron chi connectivity index (χ1n) is 6.15. The van der Waals surface area contributed by atoms with Crippen molar-refractivity contribution in [2.45, 2.75) is 25.1 Å². The van der Waals surface area contributed by atoms with E-state index in [1.165, 1.54) is 6.07 Å². The number of alkyl halides is 3. The summed E-state index contributed by atoms with van der Waals surface area (Å²) in [6, 6.07) is 3.59. The molecule has 3 nitrogen and oxygen atoms in total. The number of nitrogens with one attached hydrogen (secondary N) is 1. The van der Waals surface area contributed by atoms with Crippen LogP contribution in [0, 0.1) is 0 Å². The van der Waals surface area contributed by atoms with Gasteiger partial charge in [-0.25, -0.2) is 0 Å². The highest BCUT2D eigenvalue weighted by atomic mass is 79.9. The molecule has 0 atom stereocenters. The molecule has 1 amide bonds. The first-order chi connectivity index (χ1) is 9.29. The first-order valence-corrected chi connectivity index (χ1v) is 6.94. The van der Waals surface area contributed by atoms with Crippen LogP contribution in [0.15, 0.2) is 22.7 Å². The molecule has 1 aliphatic rings. The standard InChI is InChI=1S/C13H14BrF3N2O/c1-19(9-3-4-9)12(20)7-18-11-6-8(13(15,16)17)2-5-10(11)14/h2,5-6,9,18H,3-4,7H2,1H3. The minimum Gasteiger partial charge on any atom is -0.375 e. The van der Waals surface area contributed by atoms with Crippen molar-refractivity contribution >= 4 is 27.5 Å². The van der Waals surface area contributed by atoms with Crippen LogP contribution in [0.4, 0.5) is 18.9 Å². The van der Waals surface area contributed by atoms with Crippen LogP contribution in [0.3, 0.4) is 0 Å². The van der Waals surface area contributed by atoms with E-state index in [-0.39, 0.29) is 24.2 Å². The van der Waals surface area contributed by atoms with Crippen molar-refractivity contribution in [2.24, 2.45) is 0 Å². The monoisotopic (exact) mass is 350 g/mol. The minimum absolute atomic E-state index is 0.0209. The maximum absolute atomic E-state index is 12.6. The zero-order valence-corrected chi connectivity index (χ0v) is 12.4. The van der Waals surface area contributed by atoms with E-state index in [9.17, 15) is 18.0 Å². The van der Waals surface area contributed by atoms with E-state index in [1.807, 2.05) is 0 Å². The molecular weight excluding hydrogens is 337 g/mol. The molecule has 1 saturated carbocycles. The zero-order chi connectivity index (χ0) is 14.9. The van der Waals surface area contributed by atoms with E-state index in [2.05, 4.69) is 21.2 Å². The van der Waals surface area contributed by atoms with E-state index < -0.39 is 11.7 Å². The van der Waals surface area contributed by atoms with Crippen molar-refractivity contribution in [1.82, 2.24) is 4.90 Å². The number of hydrogen-bond donors (Lipinski definition) is 1. The van der Waals surface area contributed by atoms with Crippen LogP contribution in [0.5, 0.6) is 0 Å². The van der Waals surface area contributed by atoms with E-state index >= 15 is 0 Å². The van der Waals surface area contributed by atoms with Gasteiger partial charge in [0, 0.05) is 23.2 Å². The van der Waals surface area contributed by atoms with Gasteiger partial charge in [-0.15, -0.1) is 0 Å². The van der Waals surface area contributed by atoms with Crippen molar-refractivity contribution in [1.29, 1.82) is 0 Å². The molecule has 1 N–H and O–H groups in total. The quantitative estimate of drug-likeness (QED) is 0.901. The van der Waals surface area contributed by atoms with Gasteiger partial charge in [0.05, 0.1) is 12.1 Å². The molecule has 1 aromatic rings. The van der Waals surface area contributed by atoms with Crippen LogP contribution in [0.25, 0.3) is 0 Å². The largest absolute Gasteiger partial charge is 0.416 e. The molecule has 110 valence electrons. The number of nitrogens with zero attached hydrogens (tertiary/aromatic N) is 1. The maximum Gasteiger partial charge on any atom is 0.416 e. The van der Waals surface area contributed by atoms with Crippen molar-refractivity contribution in [3.05, 3.63) is 28.2 Å². The predicted molar refractivity (Wildman–Crippen MR) is 73.4 cm³/mol. The summed E-state index contributed by atoms with van der Waals surface area (Å²) < 4.78 is 38.4. The first kappa shape index (κ1) is 15.2. The molecule has 0 radical (unpaired) electrons. The van der Waals surface area contributed by atoms with E-state index in [0.29, 0.717) is 4.47 Å². The lowest BCUT2D eigenvalue weighted by Crippen LogP contribution is -2.33. The van der Waals surface area contributed by atoms with Gasteiger partial charge < -0.3 is 10.2 Å². The second kappa shape index (κ2) is 5.63. The molecule has 0 aliphatic heterocycles. The van der Waals surface area contributed by atoms with Crippen LogP contribution in [-0.2, 0) is 11.0 Å². The lowest BCUT2D eigenvalue weighted by Gasteiger charge is -2.18. The summed E-state index contributed by atoms with van der Waals surface area (Å²) >= 11 is 3.17. The van der Waals surface area contributed by atoms with Gasteiger partial charge in [-0.2, -0.15) is 13.2 Å². The van der Waals surface area contributed by atoms with Crippen LogP contribution in [0.2, 0.25) is 0 Å². The highest BCUT2D eigenvalue weighted by Gasteiger charge is 2.31. The lowest BCUT2D eigenvalue weighted by molar-refractivity contribution is -0.137. The summed E-state index contributed by atoms with van der Waals surface area (Å²) in [5, 5.41) is 2.75. The van der Waals surface area contributed by atoms with Gasteiger partial charge in [0.1, 0.15) is 0 Å². The van der Waals surface area contributed by atoms with Crippen molar-refractivity contribution < 1.29 is 18.0 Å². The fourth-order valence-corrected chi connectivity index (χ4v) is 2.18. The Morgan fingerprint density at radius 1 is 1.45 bits per heavy atom. The minimum atomic E-state index is -4.40. The number of halogens is 4. The van der Waals surface area contributed by atoms with Crippen molar-refractivity contribution in [3.63, 3.8) is 0 Å². The summed E-state index contributed by atoms with van der Waals surface area (Å²) in [6.45, 7) is -0.0209. The van der Waals surface area contributed by atoms with E-state index in [0.717, 1.165) is 25.0 Å². The Kier molecular flexibility index (Phi) is 4.27. The molecule has 0 spiro atoms. The summed E-state index contributed by atoms with van der Waals surface area (Å²) in [5.74, 6) is -0.128. The van der Waals surface area contributed by atoms with Crippen LogP contribution in [0.1, 0.15) is 18.4 Å². The Labute approximate surface area is 123 Å². The molecule has 20 heavy (non-hydrogen) atoms. The van der Waals surface area contributed by atoms with Crippen molar-refractivity contribution in [2.75, 3.05) is 18.9 Å². The molecule has 1 fully saturated rings. The Bertz CT molecular complexity index is 515. The van der Waals surface area contributed by atoms with Crippen molar-refractivity contribution in [3.8, 4) is 0 Å². The molecule has 0 unspecified atom stereocenters. The molecule has 0 aromatic heterocycles. The van der Waals surface area contributed by atoms with E-state index in [1.54, 1.807) is 11.9 Å². The molecule has 7 heteroatoms. The fourth-order valence-electron chi connectivity index (χ4n) is 1.80. The van der Waals surface area contributed by atoms with Gasteiger partial charge >= 0.3 is 6.18 Å². The average molecular weight is 351 g/mol. The van der Waals surface area contributed by atoms with E-state index in [4.69, 9.17) is 0 Å². The summed E-state index contributed by atoms with van der Waals surface area (Å²) in [6.07, 6.45) is -2.41. The predicted octanol–water partition coefficient (Wildman–Crippen LogP) is 3.50. The normalized spacial score (nSPS) is 15.1. The highest BCUT2D eigenvalue weighted by molar-refractivity contribution is 9.10. The maximum atomic E-state index is 12.6. The van der Waals surface area contributed by atoms with Gasteiger partial charge in [0.15, 0.2) is 0 Å². The average Bonchev–Trinajstić information content (AvgIpc) is 3.19. The zero-order valence-electron chi connectivity index (χ0n) is 10.8. The number of carbonyl (C=O) groups excluding carboxylic acids is 1. The number of hydrogen-bond acceptors (Lipinski definition) is 2. The molecule has 2 rings (SSSR count). The summed E-state index contributed by atoms with van der Waals surface area (Å²) in [7, 11) is 1.71. The third kappa shape index (κ3) is 3.65. The summed E-state index contributed by atoms with van der Waals surface area (Å²) in [4.78, 5) is 13.5. The third-order valence-electron chi connectivity index (χ3n) is 3.21. The fraction of sp³-hybridized carbons (Fsp3) is 0.462. The second-order valence-corrected chi connectivity index (χ2v) is 5.64. The van der Waals surface area contributed by atoms with Gasteiger partial charge in [0.25, 0.3) is 0 Å². The van der Waals surface area contributed by atoms with Crippen LogP contribution >= 0.6 is 15.9 Å². The molecule has 0 saturated heterocycles. The van der Waals surface area contributed by atoms with Crippen LogP contribution < -0.4 is 5.32 Å². The number of anilines is 1. The number of benzene rings is 1. The third-order valence-corrected chi connectivity index (χ3v) is 3.90. The Hall–Kier alpha value is -1.24. The Morgan fingerprint density at radius 2 is 2.10 bits per heavy atom. The topological polar surface area (TPSA) is 32.3 Å². The number of amides is 1. The summed E-state index contributed by atoms with van der Waals surface area (Å²) in [5.41, 5.74) is -0.483. The molecule has 0 heterocycles. The van der Waals surface area contributed by atoms with Gasteiger partial charge in [-0.05, 0) is 47.0 Å². The Morgan fingerprint density at radius 3 is 2.65 bits per heavy atom. The second-order valence-electron chi connectivity index (χ2n) is 4.78. The smallest absolute Gasteiger partial charge is 0.375 e. The van der Waals surface area contributed by atoms with Crippen LogP contribution in [-0.4, -0.2) is 30.4 Å². The van der Waals surface area contributed by atoms with Gasteiger partial charge in [-0.3, -0.25) is 4.79 Å². The van der Waals surface area contributed by atoms with Gasteiger partial charge in [0.2, 0.25) is 5.91 Å². The number of rotatable bonds is 4. The number of carbonyl (C=O) groups is 1. The SMILES string of the molecule is CN(C(=O)CNc1cc(C(F)(F)F)ccc1Br)C1CC1. The Balaban J connectivity index is 2.03. The number of likely N-dealkylation sites (N-methyl/N-ethyl adjacent to an activating group) is 1. The molecule has 1 aliphatic carbocycles. The van der Waals surface area contributed by atoms with Gasteiger partial charge in [-0.1, -0.05) is 0 Å². The lowest BCUT2D eigenvalue weighted by atomic mass is 10.2.